The Bertz CT molecular complexity index is 772. The molecular formula is C19H24N4O4. The number of nitrogens with zero attached hydrogens (tertiary/aromatic N) is 2. The predicted molar refractivity (Wildman–Crippen MR) is 103 cm³/mol. The topological polar surface area (TPSA) is 107 Å². The molecule has 0 aliphatic heterocycles. The lowest BCUT2D eigenvalue weighted by Gasteiger charge is -2.27. The van der Waals surface area contributed by atoms with Crippen LogP contribution in [-0.2, 0) is 20.8 Å². The molecule has 1 aromatic heterocycles. The van der Waals surface area contributed by atoms with Crippen LogP contribution in [0.3, 0.4) is 0 Å². The first-order chi connectivity index (χ1) is 12.8. The predicted octanol–water partition coefficient (Wildman–Crippen LogP) is 3.15. The second-order valence-corrected chi connectivity index (χ2v) is 6.80. The zero-order chi connectivity index (χ0) is 19.9. The van der Waals surface area contributed by atoms with Crippen LogP contribution in [0.1, 0.15) is 26.5 Å². The first kappa shape index (κ1) is 20.0. The Morgan fingerprint density at radius 2 is 1.93 bits per heavy atom. The molecule has 144 valence electrons. The van der Waals surface area contributed by atoms with Crippen molar-refractivity contribution in [2.24, 2.45) is 0 Å². The van der Waals surface area contributed by atoms with Crippen molar-refractivity contribution < 1.29 is 19.2 Å². The number of rotatable bonds is 7. The number of ether oxygens (including phenoxy) is 1. The minimum absolute atomic E-state index is 0.277. The smallest absolute Gasteiger partial charge is 0.414 e. The van der Waals surface area contributed by atoms with Crippen LogP contribution in [0.2, 0.25) is 0 Å². The van der Waals surface area contributed by atoms with Crippen LogP contribution < -0.4 is 16.1 Å². The summed E-state index contributed by atoms with van der Waals surface area (Å²) in [5, 5.41) is 0. The van der Waals surface area contributed by atoms with Crippen molar-refractivity contribution in [2.75, 3.05) is 22.7 Å². The molecule has 1 aromatic carbocycles. The molecule has 1 amide bonds. The number of amides is 1. The second kappa shape index (κ2) is 8.88. The van der Waals surface area contributed by atoms with E-state index < -0.39 is 11.7 Å². The molecule has 27 heavy (non-hydrogen) atoms. The van der Waals surface area contributed by atoms with Gasteiger partial charge in [-0.2, -0.15) is 0 Å². The van der Waals surface area contributed by atoms with Crippen molar-refractivity contribution in [1.29, 1.82) is 0 Å². The van der Waals surface area contributed by atoms with E-state index in [0.29, 0.717) is 30.2 Å². The van der Waals surface area contributed by atoms with Gasteiger partial charge in [0.1, 0.15) is 5.60 Å². The molecule has 0 saturated carbocycles. The van der Waals surface area contributed by atoms with Crippen molar-refractivity contribution >= 4 is 29.8 Å². The number of nitrogens with two attached hydrogens (primary N) is 1. The fraction of sp³-hybridized carbons (Fsp3) is 0.316. The molecule has 2 aromatic rings. The number of hydrogen-bond donors (Lipinski definition) is 2. The molecule has 1 heterocycles. The van der Waals surface area contributed by atoms with E-state index >= 15 is 0 Å². The summed E-state index contributed by atoms with van der Waals surface area (Å²) >= 11 is 0. The molecule has 0 aliphatic carbocycles. The highest BCUT2D eigenvalue weighted by Gasteiger charge is 2.23. The molecule has 2 rings (SSSR count). The number of hydrogen-bond acceptors (Lipinski definition) is 7. The summed E-state index contributed by atoms with van der Waals surface area (Å²) in [5.74, 6) is 0.399. The van der Waals surface area contributed by atoms with Crippen molar-refractivity contribution in [2.45, 2.75) is 32.8 Å². The number of carbonyl (C=O) groups excluding carboxylic acids is 2. The largest absolute Gasteiger partial charge is 0.443 e. The van der Waals surface area contributed by atoms with Crippen LogP contribution in [0, 0.1) is 0 Å². The molecule has 0 unspecified atom stereocenters. The van der Waals surface area contributed by atoms with Crippen molar-refractivity contribution in [1.82, 2.24) is 4.98 Å². The lowest BCUT2D eigenvalue weighted by atomic mass is 10.2. The molecule has 0 saturated heterocycles. The molecule has 0 bridgehead atoms. The van der Waals surface area contributed by atoms with Crippen molar-refractivity contribution in [3.05, 3.63) is 48.2 Å². The maximum atomic E-state index is 12.7. The monoisotopic (exact) mass is 372 g/mol. The summed E-state index contributed by atoms with van der Waals surface area (Å²) in [7, 11) is 0. The van der Waals surface area contributed by atoms with Gasteiger partial charge in [-0.1, -0.05) is 6.07 Å². The second-order valence-electron chi connectivity index (χ2n) is 6.80. The van der Waals surface area contributed by atoms with E-state index in [0.717, 1.165) is 5.69 Å². The van der Waals surface area contributed by atoms with Crippen LogP contribution in [0.4, 0.5) is 22.0 Å². The van der Waals surface area contributed by atoms with Gasteiger partial charge in [0, 0.05) is 30.0 Å². The summed E-state index contributed by atoms with van der Waals surface area (Å²) in [4.78, 5) is 33.3. The summed E-state index contributed by atoms with van der Waals surface area (Å²) in [6.45, 7) is 6.07. The van der Waals surface area contributed by atoms with Gasteiger partial charge in [-0.3, -0.25) is 9.69 Å². The Labute approximate surface area is 158 Å². The summed E-state index contributed by atoms with van der Waals surface area (Å²) in [5.41, 5.74) is 9.55. The average molecular weight is 372 g/mol. The Hall–Kier alpha value is -3.29. The number of nitrogen functional groups attached to an aromatic ring is 1. The van der Waals surface area contributed by atoms with E-state index in [1.165, 1.54) is 4.90 Å². The van der Waals surface area contributed by atoms with Gasteiger partial charge in [0.2, 0.25) is 0 Å². The Morgan fingerprint density at radius 1 is 1.22 bits per heavy atom. The Morgan fingerprint density at radius 3 is 2.56 bits per heavy atom. The fourth-order valence-corrected chi connectivity index (χ4v) is 2.28. The Kier molecular flexibility index (Phi) is 6.59. The Balaban J connectivity index is 2.15. The number of pyridine rings is 1. The van der Waals surface area contributed by atoms with Gasteiger partial charge in [0.05, 0.1) is 0 Å². The van der Waals surface area contributed by atoms with Crippen molar-refractivity contribution in [3.63, 3.8) is 0 Å². The van der Waals surface area contributed by atoms with Crippen LogP contribution in [-0.4, -0.2) is 29.7 Å². The van der Waals surface area contributed by atoms with Crippen LogP contribution >= 0.6 is 0 Å². The van der Waals surface area contributed by atoms with Crippen LogP contribution in [0.25, 0.3) is 0 Å². The van der Waals surface area contributed by atoms with E-state index in [1.807, 2.05) is 26.8 Å². The number of aromatic nitrogens is 1. The third-order valence-corrected chi connectivity index (χ3v) is 3.43. The normalized spacial score (nSPS) is 10.8. The third kappa shape index (κ3) is 6.50. The molecule has 0 radical (unpaired) electrons. The standard InChI is InChI=1S/C19H24N4O4/c1-19(2,3)27-18(25)23(16-9-7-14(20)8-10-16)12-11-15-5-4-6-17(21-15)22-26-13-24/h4-10,13H,11-12,20H2,1-3H3,(H,21,22). The van der Waals surface area contributed by atoms with Gasteiger partial charge in [-0.25, -0.2) is 15.3 Å². The van der Waals surface area contributed by atoms with E-state index in [4.69, 9.17) is 10.5 Å². The zero-order valence-electron chi connectivity index (χ0n) is 15.6. The molecular weight excluding hydrogens is 348 g/mol. The highest BCUT2D eigenvalue weighted by Crippen LogP contribution is 2.20. The molecule has 3 N–H and O–H groups in total. The maximum Gasteiger partial charge on any atom is 0.414 e. The zero-order valence-corrected chi connectivity index (χ0v) is 15.6. The molecule has 0 atom stereocenters. The van der Waals surface area contributed by atoms with E-state index in [-0.39, 0.29) is 6.47 Å². The SMILES string of the molecule is CC(C)(C)OC(=O)N(CCc1cccc(NOC=O)n1)c1ccc(N)cc1. The van der Waals surface area contributed by atoms with Gasteiger partial charge >= 0.3 is 12.6 Å². The molecule has 8 nitrogen and oxygen atoms in total. The van der Waals surface area contributed by atoms with E-state index in [9.17, 15) is 9.59 Å². The summed E-state index contributed by atoms with van der Waals surface area (Å²) < 4.78 is 5.51. The highest BCUT2D eigenvalue weighted by atomic mass is 16.7. The lowest BCUT2D eigenvalue weighted by molar-refractivity contribution is -0.126. The van der Waals surface area contributed by atoms with Gasteiger partial charge < -0.3 is 15.3 Å². The molecule has 0 spiro atoms. The van der Waals surface area contributed by atoms with Gasteiger partial charge in [-0.15, -0.1) is 0 Å². The molecule has 0 aliphatic rings. The number of carbonyl (C=O) groups is 2. The molecule has 0 fully saturated rings. The number of anilines is 3. The lowest BCUT2D eigenvalue weighted by Crippen LogP contribution is -2.38. The van der Waals surface area contributed by atoms with E-state index in [2.05, 4.69) is 15.3 Å². The fourth-order valence-electron chi connectivity index (χ4n) is 2.28. The molecule has 8 heteroatoms. The van der Waals surface area contributed by atoms with Crippen LogP contribution in [0.15, 0.2) is 42.5 Å². The summed E-state index contributed by atoms with van der Waals surface area (Å²) in [6, 6.07) is 12.3. The van der Waals surface area contributed by atoms with Gasteiger partial charge in [0.15, 0.2) is 5.82 Å². The first-order valence-electron chi connectivity index (χ1n) is 8.46. The van der Waals surface area contributed by atoms with Gasteiger partial charge in [-0.05, 0) is 57.2 Å². The minimum atomic E-state index is -0.614. The number of nitrogens with one attached hydrogen (secondary N) is 1. The summed E-state index contributed by atoms with van der Waals surface area (Å²) in [6.07, 6.45) is 0.0195. The first-order valence-corrected chi connectivity index (χ1v) is 8.46. The van der Waals surface area contributed by atoms with Crippen molar-refractivity contribution in [3.8, 4) is 0 Å². The quantitative estimate of drug-likeness (QED) is 0.437. The van der Waals surface area contributed by atoms with Crippen LogP contribution in [0.5, 0.6) is 0 Å². The van der Waals surface area contributed by atoms with Gasteiger partial charge in [0.25, 0.3) is 0 Å². The number of benzene rings is 1. The maximum absolute atomic E-state index is 12.7. The average Bonchev–Trinajstić information content (AvgIpc) is 2.60. The minimum Gasteiger partial charge on any atom is -0.443 e. The third-order valence-electron chi connectivity index (χ3n) is 3.43. The van der Waals surface area contributed by atoms with E-state index in [1.54, 1.807) is 36.4 Å². The highest BCUT2D eigenvalue weighted by molar-refractivity contribution is 5.88.